The third-order valence-electron chi connectivity index (χ3n) is 5.03. The van der Waals surface area contributed by atoms with Crippen molar-refractivity contribution in [2.24, 2.45) is 5.92 Å². The molecule has 0 bridgehead atoms. The van der Waals surface area contributed by atoms with Gasteiger partial charge in [-0.15, -0.1) is 0 Å². The van der Waals surface area contributed by atoms with Crippen LogP contribution in [0.25, 0.3) is 0 Å². The fourth-order valence-corrected chi connectivity index (χ4v) is 4.97. The van der Waals surface area contributed by atoms with Gasteiger partial charge >= 0.3 is 0 Å². The number of nitrogens with one attached hydrogen (secondary N) is 1. The maximum absolute atomic E-state index is 3.79. The van der Waals surface area contributed by atoms with Crippen LogP contribution in [0.15, 0.2) is 0 Å². The second kappa shape index (κ2) is 7.33. The Morgan fingerprint density at radius 2 is 2.11 bits per heavy atom. The summed E-state index contributed by atoms with van der Waals surface area (Å²) in [7, 11) is 0. The van der Waals surface area contributed by atoms with Gasteiger partial charge in [0.05, 0.1) is 0 Å². The fraction of sp³-hybridized carbons (Fsp3) is 1.00. The van der Waals surface area contributed by atoms with Crippen LogP contribution in [0.4, 0.5) is 0 Å². The summed E-state index contributed by atoms with van der Waals surface area (Å²) in [4.78, 5) is 2.88. The van der Waals surface area contributed by atoms with Gasteiger partial charge in [0.25, 0.3) is 0 Å². The Morgan fingerprint density at radius 1 is 1.32 bits per heavy atom. The largest absolute Gasteiger partial charge is 0.311 e. The topological polar surface area (TPSA) is 15.3 Å². The van der Waals surface area contributed by atoms with Crippen molar-refractivity contribution in [3.8, 4) is 0 Å². The summed E-state index contributed by atoms with van der Waals surface area (Å²) in [6, 6.07) is 2.30. The minimum atomic E-state index is 0.725. The van der Waals surface area contributed by atoms with Gasteiger partial charge < -0.3 is 5.32 Å². The van der Waals surface area contributed by atoms with Crippen LogP contribution in [-0.2, 0) is 0 Å². The van der Waals surface area contributed by atoms with Crippen LogP contribution in [0.5, 0.6) is 0 Å². The predicted octanol–water partition coefficient (Wildman–Crippen LogP) is 3.37. The molecule has 3 heteroatoms. The summed E-state index contributed by atoms with van der Waals surface area (Å²) in [6.45, 7) is 9.56. The Bertz CT molecular complexity index is 269. The van der Waals surface area contributed by atoms with E-state index in [2.05, 4.69) is 49.0 Å². The summed E-state index contributed by atoms with van der Waals surface area (Å²) >= 11 is 2.10. The molecule has 1 aliphatic carbocycles. The van der Waals surface area contributed by atoms with E-state index in [9.17, 15) is 0 Å². The SMILES string of the molecule is CCCC1CN(C2CCCC2SC)C(C(C)C)CN1. The summed E-state index contributed by atoms with van der Waals surface area (Å²) in [5, 5.41) is 4.67. The van der Waals surface area contributed by atoms with Crippen LogP contribution < -0.4 is 5.32 Å². The van der Waals surface area contributed by atoms with Crippen LogP contribution >= 0.6 is 11.8 Å². The zero-order chi connectivity index (χ0) is 13.8. The molecule has 2 nitrogen and oxygen atoms in total. The van der Waals surface area contributed by atoms with E-state index in [0.717, 1.165) is 29.3 Å². The molecule has 2 aliphatic rings. The second-order valence-corrected chi connectivity index (χ2v) is 7.75. The lowest BCUT2D eigenvalue weighted by atomic mass is 9.94. The normalized spacial score (nSPS) is 37.1. The van der Waals surface area contributed by atoms with E-state index >= 15 is 0 Å². The molecule has 0 aromatic carbocycles. The number of thioether (sulfide) groups is 1. The standard InChI is InChI=1S/C16H32N2S/c1-5-7-13-11-18(15(10-17-13)12(2)3)14-8-6-9-16(14)19-4/h12-17H,5-11H2,1-4H3. The minimum absolute atomic E-state index is 0.725. The zero-order valence-electron chi connectivity index (χ0n) is 13.2. The molecular formula is C16H32N2S. The van der Waals surface area contributed by atoms with Crippen molar-refractivity contribution >= 4 is 11.8 Å². The average molecular weight is 285 g/mol. The lowest BCUT2D eigenvalue weighted by molar-refractivity contribution is 0.0576. The maximum atomic E-state index is 3.79. The molecule has 0 radical (unpaired) electrons. The molecule has 2 rings (SSSR count). The van der Waals surface area contributed by atoms with E-state index in [1.165, 1.54) is 45.2 Å². The van der Waals surface area contributed by atoms with Gasteiger partial charge in [0.1, 0.15) is 0 Å². The number of hydrogen-bond donors (Lipinski definition) is 1. The summed E-state index contributed by atoms with van der Waals surface area (Å²) in [5.74, 6) is 0.762. The van der Waals surface area contributed by atoms with E-state index in [-0.39, 0.29) is 0 Å². The van der Waals surface area contributed by atoms with E-state index in [4.69, 9.17) is 0 Å². The monoisotopic (exact) mass is 284 g/mol. The van der Waals surface area contributed by atoms with E-state index in [1.54, 1.807) is 0 Å². The van der Waals surface area contributed by atoms with Crippen molar-refractivity contribution in [2.45, 2.75) is 76.3 Å². The van der Waals surface area contributed by atoms with Crippen molar-refractivity contribution in [2.75, 3.05) is 19.3 Å². The van der Waals surface area contributed by atoms with Crippen molar-refractivity contribution < 1.29 is 0 Å². The smallest absolute Gasteiger partial charge is 0.0247 e. The predicted molar refractivity (Wildman–Crippen MR) is 87.0 cm³/mol. The molecule has 1 saturated carbocycles. The van der Waals surface area contributed by atoms with Crippen LogP contribution in [-0.4, -0.2) is 47.6 Å². The maximum Gasteiger partial charge on any atom is 0.0247 e. The highest BCUT2D eigenvalue weighted by molar-refractivity contribution is 7.99. The highest BCUT2D eigenvalue weighted by atomic mass is 32.2. The highest BCUT2D eigenvalue weighted by Gasteiger charge is 2.39. The Balaban J connectivity index is 2.06. The first-order chi connectivity index (χ1) is 9.17. The zero-order valence-corrected chi connectivity index (χ0v) is 14.0. The number of rotatable bonds is 5. The summed E-state index contributed by atoms with van der Waals surface area (Å²) in [5.41, 5.74) is 0. The fourth-order valence-electron chi connectivity index (χ4n) is 3.96. The first-order valence-corrected chi connectivity index (χ1v) is 9.48. The number of nitrogens with zero attached hydrogens (tertiary/aromatic N) is 1. The molecule has 1 N–H and O–H groups in total. The van der Waals surface area contributed by atoms with Gasteiger partial charge in [-0.3, -0.25) is 4.90 Å². The average Bonchev–Trinajstić information content (AvgIpc) is 2.86. The molecule has 2 fully saturated rings. The first kappa shape index (κ1) is 15.7. The molecule has 1 aliphatic heterocycles. The van der Waals surface area contributed by atoms with Crippen molar-refractivity contribution in [3.05, 3.63) is 0 Å². The van der Waals surface area contributed by atoms with Crippen LogP contribution in [0.1, 0.15) is 52.9 Å². The van der Waals surface area contributed by atoms with Gasteiger partial charge in [0.15, 0.2) is 0 Å². The molecular weight excluding hydrogens is 252 g/mol. The number of piperazine rings is 1. The Labute approximate surface area is 124 Å². The van der Waals surface area contributed by atoms with Crippen LogP contribution in [0.2, 0.25) is 0 Å². The Hall–Kier alpha value is 0.270. The van der Waals surface area contributed by atoms with Crippen molar-refractivity contribution in [1.29, 1.82) is 0 Å². The van der Waals surface area contributed by atoms with Crippen LogP contribution in [0, 0.1) is 5.92 Å². The molecule has 4 unspecified atom stereocenters. The summed E-state index contributed by atoms with van der Waals surface area (Å²) in [6.07, 6.45) is 9.22. The third-order valence-corrected chi connectivity index (χ3v) is 6.18. The molecule has 0 aromatic heterocycles. The highest BCUT2D eigenvalue weighted by Crippen LogP contribution is 2.35. The quantitative estimate of drug-likeness (QED) is 0.833. The van der Waals surface area contributed by atoms with Crippen LogP contribution in [0.3, 0.4) is 0 Å². The molecule has 0 spiro atoms. The van der Waals surface area contributed by atoms with E-state index in [0.29, 0.717) is 0 Å². The van der Waals surface area contributed by atoms with Gasteiger partial charge in [0, 0.05) is 36.5 Å². The summed E-state index contributed by atoms with van der Waals surface area (Å²) < 4.78 is 0. The Kier molecular flexibility index (Phi) is 6.04. The van der Waals surface area contributed by atoms with Crippen molar-refractivity contribution in [3.63, 3.8) is 0 Å². The second-order valence-electron chi connectivity index (χ2n) is 6.67. The van der Waals surface area contributed by atoms with Crippen molar-refractivity contribution in [1.82, 2.24) is 10.2 Å². The van der Waals surface area contributed by atoms with E-state index < -0.39 is 0 Å². The Morgan fingerprint density at radius 3 is 2.74 bits per heavy atom. The lowest BCUT2D eigenvalue weighted by Crippen LogP contribution is -2.62. The molecule has 1 saturated heterocycles. The van der Waals surface area contributed by atoms with Gasteiger partial charge in [-0.05, 0) is 31.4 Å². The minimum Gasteiger partial charge on any atom is -0.311 e. The van der Waals surface area contributed by atoms with Gasteiger partial charge in [-0.2, -0.15) is 11.8 Å². The molecule has 19 heavy (non-hydrogen) atoms. The molecule has 112 valence electrons. The number of hydrogen-bond acceptors (Lipinski definition) is 3. The third kappa shape index (κ3) is 3.68. The molecule has 1 heterocycles. The van der Waals surface area contributed by atoms with Gasteiger partial charge in [-0.25, -0.2) is 0 Å². The van der Waals surface area contributed by atoms with Gasteiger partial charge in [-0.1, -0.05) is 33.6 Å². The molecule has 0 amide bonds. The lowest BCUT2D eigenvalue weighted by Gasteiger charge is -2.47. The van der Waals surface area contributed by atoms with Gasteiger partial charge in [0.2, 0.25) is 0 Å². The molecule has 4 atom stereocenters. The van der Waals surface area contributed by atoms with E-state index in [1.807, 2.05) is 0 Å². The first-order valence-electron chi connectivity index (χ1n) is 8.19. The molecule has 0 aromatic rings.